The van der Waals surface area contributed by atoms with Crippen molar-refractivity contribution in [1.29, 1.82) is 0 Å². The first kappa shape index (κ1) is 12.2. The van der Waals surface area contributed by atoms with Crippen LogP contribution in [0.25, 0.3) is 0 Å². The topological polar surface area (TPSA) is 54.4 Å². The minimum atomic E-state index is 0.00702. The molecule has 1 fully saturated rings. The van der Waals surface area contributed by atoms with E-state index in [9.17, 15) is 4.79 Å². The van der Waals surface area contributed by atoms with Gasteiger partial charge in [0, 0.05) is 18.1 Å². The molecule has 1 aromatic heterocycles. The molecule has 1 N–H and O–H groups in total. The molecule has 1 aliphatic carbocycles. The van der Waals surface area contributed by atoms with Gasteiger partial charge in [0.05, 0.1) is 5.54 Å². The van der Waals surface area contributed by atoms with E-state index in [1.54, 1.807) is 17.1 Å². The third-order valence-electron chi connectivity index (χ3n) is 3.43. The first-order valence-electron chi connectivity index (χ1n) is 6.13. The summed E-state index contributed by atoms with van der Waals surface area (Å²) in [7, 11) is 0. The predicted molar refractivity (Wildman–Crippen MR) is 76.8 cm³/mol. The fourth-order valence-corrected chi connectivity index (χ4v) is 4.42. The highest BCUT2D eigenvalue weighted by Crippen LogP contribution is 2.41. The summed E-state index contributed by atoms with van der Waals surface area (Å²) in [6, 6.07) is 0. The number of rotatable bonds is 2. The maximum absolute atomic E-state index is 11.2. The SMILES string of the molecule is CC(=O)c1csc(NC2=NC3(CCCC3)CS2)n1. The molecule has 0 radical (unpaired) electrons. The quantitative estimate of drug-likeness (QED) is 0.846. The van der Waals surface area contributed by atoms with Gasteiger partial charge in [-0.15, -0.1) is 11.3 Å². The highest BCUT2D eigenvalue weighted by atomic mass is 32.2. The largest absolute Gasteiger partial charge is 0.311 e. The van der Waals surface area contributed by atoms with Crippen molar-refractivity contribution < 1.29 is 4.79 Å². The molecular formula is C12H15N3OS2. The van der Waals surface area contributed by atoms with Crippen LogP contribution in [0.4, 0.5) is 5.13 Å². The van der Waals surface area contributed by atoms with Gasteiger partial charge in [0.25, 0.3) is 0 Å². The lowest BCUT2D eigenvalue weighted by atomic mass is 10.0. The van der Waals surface area contributed by atoms with Crippen LogP contribution in [0.3, 0.4) is 0 Å². The maximum Gasteiger partial charge on any atom is 0.189 e. The van der Waals surface area contributed by atoms with Crippen molar-refractivity contribution >= 4 is 39.2 Å². The lowest BCUT2D eigenvalue weighted by Crippen LogP contribution is -2.21. The maximum atomic E-state index is 11.2. The third-order valence-corrected chi connectivity index (χ3v) is 5.34. The third kappa shape index (κ3) is 2.31. The van der Waals surface area contributed by atoms with E-state index in [1.165, 1.54) is 43.9 Å². The van der Waals surface area contributed by atoms with Crippen LogP contribution in [-0.4, -0.2) is 27.2 Å². The van der Waals surface area contributed by atoms with Crippen molar-refractivity contribution in [3.05, 3.63) is 11.1 Å². The summed E-state index contributed by atoms with van der Waals surface area (Å²) in [4.78, 5) is 20.3. The van der Waals surface area contributed by atoms with E-state index in [2.05, 4.69) is 10.3 Å². The summed E-state index contributed by atoms with van der Waals surface area (Å²) in [6.07, 6.45) is 5.01. The number of hydrogen-bond donors (Lipinski definition) is 1. The Morgan fingerprint density at radius 3 is 2.89 bits per heavy atom. The number of carbonyl (C=O) groups excluding carboxylic acids is 1. The van der Waals surface area contributed by atoms with Gasteiger partial charge in [0.15, 0.2) is 16.1 Å². The molecule has 2 aliphatic rings. The van der Waals surface area contributed by atoms with Gasteiger partial charge in [-0.3, -0.25) is 9.79 Å². The monoisotopic (exact) mass is 281 g/mol. The molecule has 96 valence electrons. The van der Waals surface area contributed by atoms with E-state index in [4.69, 9.17) is 4.99 Å². The first-order chi connectivity index (χ1) is 8.67. The number of thiazole rings is 1. The van der Waals surface area contributed by atoms with Crippen LogP contribution in [0, 0.1) is 0 Å². The lowest BCUT2D eigenvalue weighted by molar-refractivity contribution is 0.101. The molecule has 1 aromatic rings. The normalized spacial score (nSPS) is 21.3. The van der Waals surface area contributed by atoms with Gasteiger partial charge in [0.1, 0.15) is 5.69 Å². The molecular weight excluding hydrogens is 266 g/mol. The molecule has 0 unspecified atom stereocenters. The lowest BCUT2D eigenvalue weighted by Gasteiger charge is -2.16. The average Bonchev–Trinajstić information content (AvgIpc) is 3.03. The van der Waals surface area contributed by atoms with E-state index in [-0.39, 0.29) is 11.3 Å². The molecule has 0 amide bonds. The number of thioether (sulfide) groups is 1. The highest BCUT2D eigenvalue weighted by molar-refractivity contribution is 8.14. The average molecular weight is 281 g/mol. The molecule has 1 saturated carbocycles. The zero-order valence-electron chi connectivity index (χ0n) is 10.2. The fraction of sp³-hybridized carbons (Fsp3) is 0.583. The van der Waals surface area contributed by atoms with E-state index in [1.807, 2.05) is 0 Å². The molecule has 0 bridgehead atoms. The predicted octanol–water partition coefficient (Wildman–Crippen LogP) is 3.17. The van der Waals surface area contributed by atoms with Crippen LogP contribution < -0.4 is 5.32 Å². The van der Waals surface area contributed by atoms with Gasteiger partial charge < -0.3 is 5.32 Å². The number of carbonyl (C=O) groups is 1. The first-order valence-corrected chi connectivity index (χ1v) is 8.00. The van der Waals surface area contributed by atoms with Crippen LogP contribution >= 0.6 is 23.1 Å². The number of anilines is 1. The minimum Gasteiger partial charge on any atom is -0.311 e. The molecule has 1 spiro atoms. The number of nitrogens with one attached hydrogen (secondary N) is 1. The van der Waals surface area contributed by atoms with Crippen molar-refractivity contribution in [2.45, 2.75) is 38.1 Å². The molecule has 0 saturated heterocycles. The number of Topliss-reactive ketones (excluding diaryl/α,β-unsaturated/α-hetero) is 1. The van der Waals surface area contributed by atoms with Gasteiger partial charge in [-0.05, 0) is 12.8 Å². The Bertz CT molecular complexity index is 503. The Labute approximate surface area is 114 Å². The van der Waals surface area contributed by atoms with Crippen LogP contribution in [0.1, 0.15) is 43.1 Å². The van der Waals surface area contributed by atoms with Crippen molar-refractivity contribution in [2.24, 2.45) is 4.99 Å². The van der Waals surface area contributed by atoms with Crippen LogP contribution in [0.2, 0.25) is 0 Å². The second kappa shape index (κ2) is 4.66. The van der Waals surface area contributed by atoms with E-state index in [0.717, 1.165) is 16.1 Å². The van der Waals surface area contributed by atoms with Crippen LogP contribution in [0.15, 0.2) is 10.4 Å². The Morgan fingerprint density at radius 2 is 2.22 bits per heavy atom. The van der Waals surface area contributed by atoms with Crippen molar-refractivity contribution in [3.8, 4) is 0 Å². The van der Waals surface area contributed by atoms with Gasteiger partial charge in [-0.2, -0.15) is 0 Å². The van der Waals surface area contributed by atoms with Crippen LogP contribution in [0.5, 0.6) is 0 Å². The number of aliphatic imine (C=N–C) groups is 1. The van der Waals surface area contributed by atoms with E-state index < -0.39 is 0 Å². The van der Waals surface area contributed by atoms with E-state index in [0.29, 0.717) is 5.69 Å². The molecule has 1 aliphatic heterocycles. The summed E-state index contributed by atoms with van der Waals surface area (Å²) in [5, 5.41) is 6.75. The van der Waals surface area contributed by atoms with Crippen molar-refractivity contribution in [1.82, 2.24) is 4.98 Å². The standard InChI is InChI=1S/C12H15N3OS2/c1-8(16)9-6-17-10(13-9)14-11-15-12(7-18-11)4-2-3-5-12/h6H,2-5,7H2,1H3,(H,13,14,15). The van der Waals surface area contributed by atoms with Gasteiger partial charge in [-0.1, -0.05) is 24.6 Å². The van der Waals surface area contributed by atoms with E-state index >= 15 is 0 Å². The fourth-order valence-electron chi connectivity index (χ4n) is 2.42. The number of ketones is 1. The summed E-state index contributed by atoms with van der Waals surface area (Å²) in [5.41, 5.74) is 0.717. The number of hydrogen-bond acceptors (Lipinski definition) is 6. The zero-order valence-corrected chi connectivity index (χ0v) is 11.9. The summed E-state index contributed by atoms with van der Waals surface area (Å²) < 4.78 is 0. The molecule has 4 nitrogen and oxygen atoms in total. The Hall–Kier alpha value is -0.880. The molecule has 2 heterocycles. The zero-order chi connectivity index (χ0) is 12.6. The number of nitrogens with zero attached hydrogens (tertiary/aromatic N) is 2. The summed E-state index contributed by atoms with van der Waals surface area (Å²) >= 11 is 3.23. The smallest absolute Gasteiger partial charge is 0.189 e. The second-order valence-electron chi connectivity index (χ2n) is 4.86. The Balaban J connectivity index is 1.71. The summed E-state index contributed by atoms with van der Waals surface area (Å²) in [6.45, 7) is 1.54. The molecule has 3 rings (SSSR count). The second-order valence-corrected chi connectivity index (χ2v) is 6.68. The van der Waals surface area contributed by atoms with Crippen molar-refractivity contribution in [2.75, 3.05) is 11.1 Å². The van der Waals surface area contributed by atoms with Crippen LogP contribution in [-0.2, 0) is 0 Å². The van der Waals surface area contributed by atoms with Crippen molar-refractivity contribution in [3.63, 3.8) is 0 Å². The van der Waals surface area contributed by atoms with Gasteiger partial charge in [-0.25, -0.2) is 4.98 Å². The molecule has 18 heavy (non-hydrogen) atoms. The minimum absolute atomic E-state index is 0.00702. The van der Waals surface area contributed by atoms with Gasteiger partial charge >= 0.3 is 0 Å². The highest BCUT2D eigenvalue weighted by Gasteiger charge is 2.38. The van der Waals surface area contributed by atoms with Gasteiger partial charge in [0.2, 0.25) is 0 Å². The number of aromatic nitrogens is 1. The Morgan fingerprint density at radius 1 is 1.44 bits per heavy atom. The summed E-state index contributed by atoms with van der Waals surface area (Å²) in [5.74, 6) is 1.09. The molecule has 0 atom stereocenters. The molecule has 0 aromatic carbocycles. The number of amidine groups is 1. The molecule has 6 heteroatoms. The Kier molecular flexibility index (Phi) is 3.15.